The first-order chi connectivity index (χ1) is 11.4. The number of likely N-dealkylation sites (N-methyl/N-ethyl adjacent to an activating group) is 1. The van der Waals surface area contributed by atoms with Gasteiger partial charge in [0.25, 0.3) is 0 Å². The number of carbonyl (C=O) groups excluding carboxylic acids is 1. The number of nitrogens with one attached hydrogen (secondary N) is 1. The summed E-state index contributed by atoms with van der Waals surface area (Å²) in [4.78, 5) is 16.5. The number of aromatic nitrogens is 1. The molecule has 0 unspecified atom stereocenters. The van der Waals surface area contributed by atoms with Gasteiger partial charge in [0, 0.05) is 39.1 Å². The van der Waals surface area contributed by atoms with E-state index in [2.05, 4.69) is 29.2 Å². The largest absolute Gasteiger partial charge is 0.373 e. The highest BCUT2D eigenvalue weighted by molar-refractivity contribution is 5.90. The van der Waals surface area contributed by atoms with Crippen LogP contribution >= 0.6 is 0 Å². The van der Waals surface area contributed by atoms with E-state index in [1.54, 1.807) is 4.90 Å². The number of nitrogens with zero attached hydrogens (tertiary/aromatic N) is 3. The molecule has 2 aliphatic rings. The number of rotatable bonds is 5. The predicted molar refractivity (Wildman–Crippen MR) is 91.3 cm³/mol. The third-order valence-electron chi connectivity index (χ3n) is 4.66. The lowest BCUT2D eigenvalue weighted by Crippen LogP contribution is -2.48. The van der Waals surface area contributed by atoms with E-state index < -0.39 is 0 Å². The number of morpholine rings is 1. The van der Waals surface area contributed by atoms with Gasteiger partial charge in [-0.1, -0.05) is 5.16 Å². The van der Waals surface area contributed by atoms with E-state index in [0.29, 0.717) is 12.5 Å². The average molecular weight is 336 g/mol. The van der Waals surface area contributed by atoms with Crippen molar-refractivity contribution in [3.63, 3.8) is 0 Å². The van der Waals surface area contributed by atoms with Crippen molar-refractivity contribution in [2.75, 3.05) is 38.5 Å². The monoisotopic (exact) mass is 336 g/mol. The highest BCUT2D eigenvalue weighted by Crippen LogP contribution is 2.44. The fourth-order valence-corrected chi connectivity index (χ4v) is 3.23. The molecule has 2 atom stereocenters. The summed E-state index contributed by atoms with van der Waals surface area (Å²) < 4.78 is 11.1. The molecule has 1 aliphatic carbocycles. The first-order valence-corrected chi connectivity index (χ1v) is 8.80. The van der Waals surface area contributed by atoms with E-state index in [1.807, 2.05) is 14.0 Å². The SMILES string of the molecule is Cc1noc(C2CC2)c1NC(=O)N(C)CCN1C[C@@H](C)O[C@@H](C)C1. The van der Waals surface area contributed by atoms with Gasteiger partial charge in [0.15, 0.2) is 5.76 Å². The molecule has 7 heteroatoms. The van der Waals surface area contributed by atoms with Gasteiger partial charge in [0.1, 0.15) is 11.4 Å². The molecule has 0 aromatic carbocycles. The van der Waals surface area contributed by atoms with Gasteiger partial charge in [-0.05, 0) is 33.6 Å². The highest BCUT2D eigenvalue weighted by Gasteiger charge is 2.32. The van der Waals surface area contributed by atoms with Crippen LogP contribution in [-0.4, -0.2) is 66.4 Å². The Morgan fingerprint density at radius 1 is 1.33 bits per heavy atom. The standard InChI is InChI=1S/C17H28N4O3/c1-11-9-21(10-12(2)23-11)8-7-20(4)17(22)18-15-13(3)19-24-16(15)14-5-6-14/h11-12,14H,5-10H2,1-4H3,(H,18,22)/t11-,12+. The number of hydrogen-bond acceptors (Lipinski definition) is 5. The van der Waals surface area contributed by atoms with Crippen LogP contribution < -0.4 is 5.32 Å². The van der Waals surface area contributed by atoms with Crippen LogP contribution in [0.1, 0.15) is 44.1 Å². The molecule has 3 rings (SSSR count). The predicted octanol–water partition coefficient (Wildman–Crippen LogP) is 2.43. The number of urea groups is 1. The molecule has 1 aromatic heterocycles. The maximum Gasteiger partial charge on any atom is 0.321 e. The molecule has 1 saturated carbocycles. The molecule has 1 aliphatic heterocycles. The number of amides is 2. The molecular weight excluding hydrogens is 308 g/mol. The Balaban J connectivity index is 1.51. The minimum Gasteiger partial charge on any atom is -0.373 e. The second-order valence-corrected chi connectivity index (χ2v) is 7.15. The molecule has 1 N–H and O–H groups in total. The van der Waals surface area contributed by atoms with Crippen molar-refractivity contribution in [3.8, 4) is 0 Å². The Kier molecular flexibility index (Phi) is 5.10. The normalized spacial score (nSPS) is 24.8. The minimum atomic E-state index is -0.113. The fraction of sp³-hybridized carbons (Fsp3) is 0.765. The first-order valence-electron chi connectivity index (χ1n) is 8.80. The summed E-state index contributed by atoms with van der Waals surface area (Å²) in [6, 6.07) is -0.113. The van der Waals surface area contributed by atoms with Crippen molar-refractivity contribution in [1.82, 2.24) is 15.0 Å². The maximum atomic E-state index is 12.5. The molecule has 1 aromatic rings. The van der Waals surface area contributed by atoms with Gasteiger partial charge in [-0.25, -0.2) is 4.79 Å². The molecule has 24 heavy (non-hydrogen) atoms. The smallest absolute Gasteiger partial charge is 0.321 e. The summed E-state index contributed by atoms with van der Waals surface area (Å²) in [5.41, 5.74) is 1.50. The summed E-state index contributed by atoms with van der Waals surface area (Å²) >= 11 is 0. The van der Waals surface area contributed by atoms with Gasteiger partial charge >= 0.3 is 6.03 Å². The summed E-state index contributed by atoms with van der Waals surface area (Å²) in [7, 11) is 1.82. The van der Waals surface area contributed by atoms with Crippen LogP contribution in [0, 0.1) is 6.92 Å². The molecule has 0 bridgehead atoms. The number of aryl methyl sites for hydroxylation is 1. The van der Waals surface area contributed by atoms with E-state index in [0.717, 1.165) is 49.6 Å². The third-order valence-corrected chi connectivity index (χ3v) is 4.66. The van der Waals surface area contributed by atoms with Gasteiger partial charge in [-0.3, -0.25) is 4.90 Å². The molecule has 2 fully saturated rings. The summed E-state index contributed by atoms with van der Waals surface area (Å²) in [5, 5.41) is 6.97. The van der Waals surface area contributed by atoms with Gasteiger partial charge < -0.3 is 19.5 Å². The zero-order valence-electron chi connectivity index (χ0n) is 15.0. The molecule has 134 valence electrons. The van der Waals surface area contributed by atoms with Crippen LogP contribution in [0.3, 0.4) is 0 Å². The van der Waals surface area contributed by atoms with E-state index in [-0.39, 0.29) is 18.2 Å². The lowest BCUT2D eigenvalue weighted by Gasteiger charge is -2.36. The molecule has 1 saturated heterocycles. The number of ether oxygens (including phenoxy) is 1. The Bertz CT molecular complexity index is 574. The van der Waals surface area contributed by atoms with Crippen LogP contribution in [0.5, 0.6) is 0 Å². The van der Waals surface area contributed by atoms with E-state index in [1.165, 1.54) is 0 Å². The number of anilines is 1. The Morgan fingerprint density at radius 3 is 2.62 bits per heavy atom. The number of carbonyl (C=O) groups is 1. The van der Waals surface area contributed by atoms with Crippen LogP contribution in [0.4, 0.5) is 10.5 Å². The lowest BCUT2D eigenvalue weighted by molar-refractivity contribution is -0.0684. The molecule has 0 radical (unpaired) electrons. The van der Waals surface area contributed by atoms with Crippen molar-refractivity contribution in [2.45, 2.75) is 51.7 Å². The van der Waals surface area contributed by atoms with Gasteiger partial charge in [0.2, 0.25) is 0 Å². The van der Waals surface area contributed by atoms with E-state index in [9.17, 15) is 4.79 Å². The second kappa shape index (κ2) is 7.11. The number of hydrogen-bond donors (Lipinski definition) is 1. The van der Waals surface area contributed by atoms with Crippen molar-refractivity contribution >= 4 is 11.7 Å². The van der Waals surface area contributed by atoms with Crippen molar-refractivity contribution in [1.29, 1.82) is 0 Å². The maximum absolute atomic E-state index is 12.5. The lowest BCUT2D eigenvalue weighted by atomic mass is 10.2. The summed E-state index contributed by atoms with van der Waals surface area (Å²) in [6.45, 7) is 9.39. The summed E-state index contributed by atoms with van der Waals surface area (Å²) in [5.74, 6) is 1.24. The minimum absolute atomic E-state index is 0.113. The van der Waals surface area contributed by atoms with Crippen LogP contribution in [0.2, 0.25) is 0 Å². The highest BCUT2D eigenvalue weighted by atomic mass is 16.5. The third kappa shape index (κ3) is 4.08. The van der Waals surface area contributed by atoms with Gasteiger partial charge in [0.05, 0.1) is 12.2 Å². The molecule has 2 amide bonds. The quantitative estimate of drug-likeness (QED) is 0.894. The topological polar surface area (TPSA) is 70.8 Å². The Labute approximate surface area is 143 Å². The van der Waals surface area contributed by atoms with Crippen molar-refractivity contribution < 1.29 is 14.1 Å². The molecule has 7 nitrogen and oxygen atoms in total. The van der Waals surface area contributed by atoms with Crippen LogP contribution in [0.15, 0.2) is 4.52 Å². The van der Waals surface area contributed by atoms with Crippen molar-refractivity contribution in [2.24, 2.45) is 0 Å². The first kappa shape index (κ1) is 17.2. The zero-order chi connectivity index (χ0) is 17.3. The molecular formula is C17H28N4O3. The van der Waals surface area contributed by atoms with Gasteiger partial charge in [-0.2, -0.15) is 0 Å². The average Bonchev–Trinajstić information content (AvgIpc) is 3.29. The van der Waals surface area contributed by atoms with Crippen LogP contribution in [0.25, 0.3) is 0 Å². The van der Waals surface area contributed by atoms with Gasteiger partial charge in [-0.15, -0.1) is 0 Å². The van der Waals surface area contributed by atoms with E-state index in [4.69, 9.17) is 9.26 Å². The Morgan fingerprint density at radius 2 is 2.00 bits per heavy atom. The zero-order valence-corrected chi connectivity index (χ0v) is 15.0. The summed E-state index contributed by atoms with van der Waals surface area (Å²) in [6.07, 6.45) is 2.71. The molecule has 0 spiro atoms. The van der Waals surface area contributed by atoms with E-state index >= 15 is 0 Å². The van der Waals surface area contributed by atoms with Crippen molar-refractivity contribution in [3.05, 3.63) is 11.5 Å². The second-order valence-electron chi connectivity index (χ2n) is 7.15. The molecule has 2 heterocycles. The Hall–Kier alpha value is -1.60. The van der Waals surface area contributed by atoms with Crippen LogP contribution in [-0.2, 0) is 4.74 Å². The fourth-order valence-electron chi connectivity index (χ4n) is 3.23.